The first kappa shape index (κ1) is 20.2. The fourth-order valence-electron chi connectivity index (χ4n) is 2.58. The zero-order valence-electron chi connectivity index (χ0n) is 14.7. The molecule has 0 radical (unpaired) electrons. The summed E-state index contributed by atoms with van der Waals surface area (Å²) in [5, 5.41) is 3.42. The Balaban J connectivity index is 1.89. The van der Waals surface area contributed by atoms with E-state index in [4.69, 9.17) is 23.2 Å². The predicted octanol–water partition coefficient (Wildman–Crippen LogP) is 5.35. The van der Waals surface area contributed by atoms with Crippen molar-refractivity contribution in [3.8, 4) is 0 Å². The van der Waals surface area contributed by atoms with Gasteiger partial charge in [0.05, 0.1) is 4.90 Å². The molecule has 1 amide bonds. The SMILES string of the molecule is Cc1ccc(C(=O)Nc2cc(Cl)cc(Cl)c2)cc1S(=O)(=O)Nc1ccccc1. The molecule has 3 rings (SSSR count). The molecular formula is C20H16Cl2N2O3S. The molecule has 0 saturated heterocycles. The van der Waals surface area contributed by atoms with Crippen LogP contribution in [0.2, 0.25) is 10.0 Å². The van der Waals surface area contributed by atoms with E-state index in [1.807, 2.05) is 0 Å². The van der Waals surface area contributed by atoms with E-state index >= 15 is 0 Å². The fraction of sp³-hybridized carbons (Fsp3) is 0.0500. The van der Waals surface area contributed by atoms with Gasteiger partial charge in [-0.2, -0.15) is 0 Å². The Morgan fingerprint density at radius 1 is 0.857 bits per heavy atom. The molecule has 28 heavy (non-hydrogen) atoms. The van der Waals surface area contributed by atoms with Crippen LogP contribution in [0, 0.1) is 6.92 Å². The van der Waals surface area contributed by atoms with Crippen LogP contribution in [0.4, 0.5) is 11.4 Å². The third kappa shape index (κ3) is 4.84. The number of anilines is 2. The first-order valence-electron chi connectivity index (χ1n) is 8.20. The standard InChI is InChI=1S/C20H16Cl2N2O3S/c1-13-7-8-14(20(25)23-18-11-15(21)10-16(22)12-18)9-19(13)28(26,27)24-17-5-3-2-4-6-17/h2-12,24H,1H3,(H,23,25). The molecule has 0 bridgehead atoms. The van der Waals surface area contributed by atoms with E-state index in [1.165, 1.54) is 6.07 Å². The lowest BCUT2D eigenvalue weighted by Crippen LogP contribution is -2.17. The number of carbonyl (C=O) groups is 1. The van der Waals surface area contributed by atoms with Crippen molar-refractivity contribution < 1.29 is 13.2 Å². The maximum Gasteiger partial charge on any atom is 0.262 e. The van der Waals surface area contributed by atoms with E-state index in [9.17, 15) is 13.2 Å². The molecule has 5 nitrogen and oxygen atoms in total. The van der Waals surface area contributed by atoms with E-state index in [-0.39, 0.29) is 10.5 Å². The molecule has 0 fully saturated rings. The van der Waals surface area contributed by atoms with Gasteiger partial charge in [0.2, 0.25) is 0 Å². The average Bonchev–Trinajstić information content (AvgIpc) is 2.61. The second-order valence-electron chi connectivity index (χ2n) is 6.06. The van der Waals surface area contributed by atoms with Gasteiger partial charge in [-0.15, -0.1) is 0 Å². The van der Waals surface area contributed by atoms with Crippen molar-refractivity contribution in [3.05, 3.63) is 87.9 Å². The van der Waals surface area contributed by atoms with Crippen LogP contribution in [0.3, 0.4) is 0 Å². The molecule has 0 heterocycles. The van der Waals surface area contributed by atoms with Crippen molar-refractivity contribution in [2.75, 3.05) is 10.0 Å². The van der Waals surface area contributed by atoms with E-state index < -0.39 is 15.9 Å². The van der Waals surface area contributed by atoms with Gasteiger partial charge in [-0.3, -0.25) is 9.52 Å². The summed E-state index contributed by atoms with van der Waals surface area (Å²) in [5.41, 5.74) is 1.56. The number of carbonyl (C=O) groups excluding carboxylic acids is 1. The van der Waals surface area contributed by atoms with E-state index in [0.29, 0.717) is 27.0 Å². The number of amides is 1. The Morgan fingerprint density at radius 3 is 2.14 bits per heavy atom. The molecule has 0 spiro atoms. The molecule has 0 saturated carbocycles. The normalized spacial score (nSPS) is 11.1. The quantitative estimate of drug-likeness (QED) is 0.567. The lowest BCUT2D eigenvalue weighted by molar-refractivity contribution is 0.102. The van der Waals surface area contributed by atoms with Gasteiger partial charge in [0.25, 0.3) is 15.9 Å². The van der Waals surface area contributed by atoms with Crippen LogP contribution in [-0.4, -0.2) is 14.3 Å². The van der Waals surface area contributed by atoms with Crippen LogP contribution < -0.4 is 10.0 Å². The summed E-state index contributed by atoms with van der Waals surface area (Å²) in [6.07, 6.45) is 0. The maximum atomic E-state index is 12.8. The predicted molar refractivity (Wildman–Crippen MR) is 113 cm³/mol. The lowest BCUT2D eigenvalue weighted by atomic mass is 10.1. The first-order chi connectivity index (χ1) is 13.2. The van der Waals surface area contributed by atoms with Crippen molar-refractivity contribution in [3.63, 3.8) is 0 Å². The molecule has 0 aliphatic heterocycles. The number of rotatable bonds is 5. The summed E-state index contributed by atoms with van der Waals surface area (Å²) >= 11 is 11.9. The molecule has 0 aromatic heterocycles. The highest BCUT2D eigenvalue weighted by atomic mass is 35.5. The number of para-hydroxylation sites is 1. The molecule has 0 aliphatic rings. The molecule has 144 valence electrons. The Kier molecular flexibility index (Phi) is 5.93. The van der Waals surface area contributed by atoms with E-state index in [2.05, 4.69) is 10.0 Å². The minimum atomic E-state index is -3.86. The summed E-state index contributed by atoms with van der Waals surface area (Å²) in [6, 6.07) is 17.6. The van der Waals surface area contributed by atoms with Crippen LogP contribution in [0.5, 0.6) is 0 Å². The van der Waals surface area contributed by atoms with Crippen molar-refractivity contribution in [2.24, 2.45) is 0 Å². The fourth-order valence-corrected chi connectivity index (χ4v) is 4.43. The van der Waals surface area contributed by atoms with Gasteiger partial charge < -0.3 is 5.32 Å². The monoisotopic (exact) mass is 434 g/mol. The topological polar surface area (TPSA) is 75.3 Å². The van der Waals surface area contributed by atoms with Gasteiger partial charge in [-0.05, 0) is 55.0 Å². The number of sulfonamides is 1. The summed E-state index contributed by atoms with van der Waals surface area (Å²) in [4.78, 5) is 12.6. The van der Waals surface area contributed by atoms with E-state index in [0.717, 1.165) is 0 Å². The second kappa shape index (κ2) is 8.22. The number of aryl methyl sites for hydroxylation is 1. The Morgan fingerprint density at radius 2 is 1.50 bits per heavy atom. The number of nitrogens with one attached hydrogen (secondary N) is 2. The minimum Gasteiger partial charge on any atom is -0.322 e. The molecule has 3 aromatic rings. The van der Waals surface area contributed by atoms with Gasteiger partial charge in [0, 0.05) is 27.0 Å². The Bertz CT molecular complexity index is 1110. The van der Waals surface area contributed by atoms with Crippen molar-refractivity contribution in [2.45, 2.75) is 11.8 Å². The lowest BCUT2D eigenvalue weighted by Gasteiger charge is -2.12. The zero-order chi connectivity index (χ0) is 20.3. The highest BCUT2D eigenvalue weighted by molar-refractivity contribution is 7.92. The highest BCUT2D eigenvalue weighted by Crippen LogP contribution is 2.24. The van der Waals surface area contributed by atoms with E-state index in [1.54, 1.807) is 67.6 Å². The van der Waals surface area contributed by atoms with Crippen LogP contribution in [-0.2, 0) is 10.0 Å². The molecule has 2 N–H and O–H groups in total. The number of hydrogen-bond acceptors (Lipinski definition) is 3. The van der Waals surface area contributed by atoms with Crippen LogP contribution in [0.1, 0.15) is 15.9 Å². The van der Waals surface area contributed by atoms with Crippen LogP contribution in [0.15, 0.2) is 71.6 Å². The zero-order valence-corrected chi connectivity index (χ0v) is 17.1. The van der Waals surface area contributed by atoms with Crippen molar-refractivity contribution in [1.29, 1.82) is 0 Å². The van der Waals surface area contributed by atoms with Gasteiger partial charge in [-0.25, -0.2) is 8.42 Å². The van der Waals surface area contributed by atoms with Gasteiger partial charge >= 0.3 is 0 Å². The summed E-state index contributed by atoms with van der Waals surface area (Å²) < 4.78 is 28.0. The smallest absolute Gasteiger partial charge is 0.262 e. The number of halogens is 2. The first-order valence-corrected chi connectivity index (χ1v) is 10.4. The summed E-state index contributed by atoms with van der Waals surface area (Å²) in [6.45, 7) is 1.66. The van der Waals surface area contributed by atoms with Crippen molar-refractivity contribution in [1.82, 2.24) is 0 Å². The largest absolute Gasteiger partial charge is 0.322 e. The molecule has 0 aliphatic carbocycles. The summed E-state index contributed by atoms with van der Waals surface area (Å²) in [5.74, 6) is -0.477. The van der Waals surface area contributed by atoms with Crippen LogP contribution >= 0.6 is 23.2 Å². The van der Waals surface area contributed by atoms with Crippen molar-refractivity contribution >= 4 is 50.5 Å². The summed E-state index contributed by atoms with van der Waals surface area (Å²) in [7, 11) is -3.86. The van der Waals surface area contributed by atoms with Crippen LogP contribution in [0.25, 0.3) is 0 Å². The molecular weight excluding hydrogens is 419 g/mol. The number of benzene rings is 3. The third-order valence-electron chi connectivity index (χ3n) is 3.89. The van der Waals surface area contributed by atoms with Gasteiger partial charge in [0.1, 0.15) is 0 Å². The van der Waals surface area contributed by atoms with Gasteiger partial charge in [-0.1, -0.05) is 47.5 Å². The molecule has 8 heteroatoms. The average molecular weight is 435 g/mol. The molecule has 0 unspecified atom stereocenters. The Labute approximate surface area is 173 Å². The minimum absolute atomic E-state index is 0.0214. The van der Waals surface area contributed by atoms with Gasteiger partial charge in [0.15, 0.2) is 0 Å². The molecule has 0 atom stereocenters. The molecule has 3 aromatic carbocycles. The third-order valence-corrected chi connectivity index (χ3v) is 5.85. The second-order valence-corrected chi connectivity index (χ2v) is 8.59. The maximum absolute atomic E-state index is 12.8. The number of hydrogen-bond donors (Lipinski definition) is 2. The Hall–Kier alpha value is -2.54. The highest BCUT2D eigenvalue weighted by Gasteiger charge is 2.19.